The van der Waals surface area contributed by atoms with Crippen LogP contribution in [0.3, 0.4) is 0 Å². The normalized spacial score (nSPS) is 18.0. The van der Waals surface area contributed by atoms with E-state index in [1.165, 1.54) is 7.11 Å². The maximum Gasteiger partial charge on any atom is 0.410 e. The molecule has 2 atom stereocenters. The molecule has 5 rings (SSSR count). The van der Waals surface area contributed by atoms with Gasteiger partial charge in [-0.15, -0.1) is 0 Å². The second-order valence-electron chi connectivity index (χ2n) is 11.2. The third-order valence-corrected chi connectivity index (χ3v) is 7.54. The number of benzene rings is 1. The maximum absolute atomic E-state index is 12.8. The van der Waals surface area contributed by atoms with E-state index in [0.717, 1.165) is 33.7 Å². The van der Waals surface area contributed by atoms with Crippen LogP contribution in [0.25, 0.3) is 11.6 Å². The molecule has 41 heavy (non-hydrogen) atoms. The van der Waals surface area contributed by atoms with Gasteiger partial charge in [0.15, 0.2) is 0 Å². The van der Waals surface area contributed by atoms with Crippen molar-refractivity contribution in [3.8, 4) is 0 Å². The number of piperazine rings is 1. The zero-order valence-electron chi connectivity index (χ0n) is 23.9. The lowest BCUT2D eigenvalue weighted by atomic mass is 9.90. The largest absolute Gasteiger partial charge is 0.453 e. The number of imidazole rings is 1. The molecule has 1 aliphatic carbocycles. The molecule has 1 fully saturated rings. The topological polar surface area (TPSA) is 102 Å². The number of pyridine rings is 1. The lowest BCUT2D eigenvalue weighted by Crippen LogP contribution is -2.51. The van der Waals surface area contributed by atoms with Crippen LogP contribution >= 0.6 is 11.6 Å². The highest BCUT2D eigenvalue weighted by atomic mass is 35.5. The van der Waals surface area contributed by atoms with Gasteiger partial charge in [-0.2, -0.15) is 0 Å². The molecule has 1 aliphatic heterocycles. The van der Waals surface area contributed by atoms with Crippen LogP contribution in [0.15, 0.2) is 49.1 Å². The predicted molar refractivity (Wildman–Crippen MR) is 156 cm³/mol. The van der Waals surface area contributed by atoms with E-state index in [0.29, 0.717) is 31.2 Å². The van der Waals surface area contributed by atoms with Crippen LogP contribution in [0.5, 0.6) is 0 Å². The number of rotatable bonds is 4. The summed E-state index contributed by atoms with van der Waals surface area (Å²) in [6, 6.07) is 8.97. The number of halogens is 1. The molecule has 3 heterocycles. The average molecular weight is 579 g/mol. The van der Waals surface area contributed by atoms with Crippen molar-refractivity contribution in [3.05, 3.63) is 82.2 Å². The quantitative estimate of drug-likeness (QED) is 0.461. The van der Waals surface area contributed by atoms with E-state index >= 15 is 0 Å². The standard InChI is InChI=1S/C30H35ClN6O4/c1-30(2,3)41-29(39)37-13-11-36(12-14-37)27-21-9-8-20(31)16-22(21)23(15-19-7-6-10-33-25(19)27)26(34-28(38)40-5)24-17-32-18-35(24)4/h6-10,15-18,26-27H,11-14H2,1-5H3,(H,34,38)/t26-,27-/m0/s1. The van der Waals surface area contributed by atoms with Gasteiger partial charge in [-0.1, -0.05) is 23.7 Å². The number of nitrogens with one attached hydrogen (secondary N) is 1. The Kier molecular flexibility index (Phi) is 8.06. The molecule has 1 saturated heterocycles. The first-order chi connectivity index (χ1) is 19.6. The fourth-order valence-corrected chi connectivity index (χ4v) is 5.59. The number of methoxy groups -OCH3 is 1. The highest BCUT2D eigenvalue weighted by Gasteiger charge is 2.36. The number of carbonyl (C=O) groups is 2. The first kappa shape index (κ1) is 28.6. The summed E-state index contributed by atoms with van der Waals surface area (Å²) >= 11 is 6.60. The van der Waals surface area contributed by atoms with Crippen molar-refractivity contribution < 1.29 is 19.1 Å². The van der Waals surface area contributed by atoms with Crippen LogP contribution in [0.1, 0.15) is 60.9 Å². The average Bonchev–Trinajstić information content (AvgIpc) is 3.30. The Labute approximate surface area is 244 Å². The first-order valence-corrected chi connectivity index (χ1v) is 13.9. The maximum atomic E-state index is 12.8. The van der Waals surface area contributed by atoms with Gasteiger partial charge in [-0.25, -0.2) is 14.6 Å². The molecule has 2 amide bonds. The van der Waals surface area contributed by atoms with Gasteiger partial charge in [-0.05, 0) is 67.3 Å². The van der Waals surface area contributed by atoms with E-state index in [1.807, 2.05) is 62.7 Å². The second kappa shape index (κ2) is 11.5. The molecule has 2 aliphatic rings. The van der Waals surface area contributed by atoms with Crippen LogP contribution in [-0.2, 0) is 16.5 Å². The van der Waals surface area contributed by atoms with Crippen molar-refractivity contribution in [2.24, 2.45) is 7.05 Å². The summed E-state index contributed by atoms with van der Waals surface area (Å²) in [4.78, 5) is 38.6. The molecule has 0 bridgehead atoms. The number of alkyl carbamates (subject to hydrolysis) is 1. The highest BCUT2D eigenvalue weighted by molar-refractivity contribution is 6.30. The molecule has 0 radical (unpaired) electrons. The van der Waals surface area contributed by atoms with E-state index in [-0.39, 0.29) is 12.1 Å². The minimum Gasteiger partial charge on any atom is -0.453 e. The Balaban J connectivity index is 1.58. The molecule has 216 valence electrons. The van der Waals surface area contributed by atoms with Crippen molar-refractivity contribution in [3.63, 3.8) is 0 Å². The number of amides is 2. The zero-order valence-corrected chi connectivity index (χ0v) is 24.7. The minimum absolute atomic E-state index is 0.210. The summed E-state index contributed by atoms with van der Waals surface area (Å²) in [6.07, 6.45) is 6.41. The molecule has 0 saturated carbocycles. The SMILES string of the molecule is COC(=O)N[C@@H](C1=Cc2cccnc2[C@@H](N2CCN(C(=O)OC(C)(C)C)CC2)c2ccc(Cl)cc21)c1cncn1C. The summed E-state index contributed by atoms with van der Waals surface area (Å²) in [6.45, 7) is 7.92. The Bertz CT molecular complexity index is 1470. The van der Waals surface area contributed by atoms with Crippen LogP contribution in [0.2, 0.25) is 5.02 Å². The molecule has 1 aromatic carbocycles. The van der Waals surface area contributed by atoms with E-state index in [9.17, 15) is 9.59 Å². The molecule has 0 spiro atoms. The monoisotopic (exact) mass is 578 g/mol. The van der Waals surface area contributed by atoms with E-state index in [4.69, 9.17) is 26.1 Å². The summed E-state index contributed by atoms with van der Waals surface area (Å²) in [7, 11) is 3.22. The number of aromatic nitrogens is 3. The van der Waals surface area contributed by atoms with Crippen LogP contribution in [0, 0.1) is 0 Å². The lowest BCUT2D eigenvalue weighted by Gasteiger charge is -2.40. The van der Waals surface area contributed by atoms with Crippen molar-refractivity contribution >= 4 is 35.4 Å². The smallest absolute Gasteiger partial charge is 0.410 e. The zero-order chi connectivity index (χ0) is 29.3. The molecular weight excluding hydrogens is 544 g/mol. The molecule has 1 N–H and O–H groups in total. The van der Waals surface area contributed by atoms with Gasteiger partial charge < -0.3 is 24.3 Å². The van der Waals surface area contributed by atoms with E-state index in [2.05, 4.69) is 21.3 Å². The molecule has 10 nitrogen and oxygen atoms in total. The van der Waals surface area contributed by atoms with Gasteiger partial charge >= 0.3 is 12.2 Å². The molecule has 2 aromatic heterocycles. The first-order valence-electron chi connectivity index (χ1n) is 13.5. The van der Waals surface area contributed by atoms with Crippen molar-refractivity contribution in [1.82, 2.24) is 29.7 Å². The summed E-state index contributed by atoms with van der Waals surface area (Å²) in [5.74, 6) is 0. The van der Waals surface area contributed by atoms with Crippen LogP contribution < -0.4 is 5.32 Å². The fourth-order valence-electron chi connectivity index (χ4n) is 5.42. The van der Waals surface area contributed by atoms with Gasteiger partial charge in [0.1, 0.15) is 5.60 Å². The number of fused-ring (bicyclic) bond motifs is 2. The van der Waals surface area contributed by atoms with E-state index in [1.54, 1.807) is 23.6 Å². The second-order valence-corrected chi connectivity index (χ2v) is 11.6. The minimum atomic E-state index is -0.581. The van der Waals surface area contributed by atoms with Gasteiger partial charge in [0.05, 0.1) is 43.1 Å². The fraction of sp³-hybridized carbons (Fsp3) is 0.400. The number of aryl methyl sites for hydroxylation is 1. The van der Waals surface area contributed by atoms with Gasteiger partial charge in [-0.3, -0.25) is 9.88 Å². The number of carbonyl (C=O) groups excluding carboxylic acids is 2. The van der Waals surface area contributed by atoms with Gasteiger partial charge in [0.25, 0.3) is 0 Å². The van der Waals surface area contributed by atoms with Gasteiger partial charge in [0.2, 0.25) is 0 Å². The predicted octanol–water partition coefficient (Wildman–Crippen LogP) is 5.06. The van der Waals surface area contributed by atoms with Crippen molar-refractivity contribution in [2.75, 3.05) is 33.3 Å². The summed E-state index contributed by atoms with van der Waals surface area (Å²) < 4.78 is 12.5. The Morgan fingerprint density at radius 1 is 1.15 bits per heavy atom. The van der Waals surface area contributed by atoms with Crippen molar-refractivity contribution in [2.45, 2.75) is 38.5 Å². The number of ether oxygens (including phenoxy) is 2. The third kappa shape index (κ3) is 6.08. The van der Waals surface area contributed by atoms with Crippen LogP contribution in [0.4, 0.5) is 9.59 Å². The molecule has 11 heteroatoms. The molecule has 0 unspecified atom stereocenters. The summed E-state index contributed by atoms with van der Waals surface area (Å²) in [5.41, 5.74) is 4.76. The van der Waals surface area contributed by atoms with E-state index < -0.39 is 17.7 Å². The highest BCUT2D eigenvalue weighted by Crippen LogP contribution is 2.44. The molecule has 3 aromatic rings. The Morgan fingerprint density at radius 2 is 1.90 bits per heavy atom. The number of hydrogen-bond acceptors (Lipinski definition) is 7. The summed E-state index contributed by atoms with van der Waals surface area (Å²) in [5, 5.41) is 3.58. The molecular formula is C30H35ClN6O4. The number of hydrogen-bond donors (Lipinski definition) is 1. The third-order valence-electron chi connectivity index (χ3n) is 7.30. The van der Waals surface area contributed by atoms with Crippen molar-refractivity contribution in [1.29, 1.82) is 0 Å². The Morgan fingerprint density at radius 3 is 2.56 bits per heavy atom. The number of nitrogens with zero attached hydrogens (tertiary/aromatic N) is 5. The lowest BCUT2D eigenvalue weighted by molar-refractivity contribution is 0.0118. The Hall–Kier alpha value is -3.89. The van der Waals surface area contributed by atoms with Gasteiger partial charge in [0, 0.05) is 44.4 Å². The van der Waals surface area contributed by atoms with Crippen LogP contribution in [-0.4, -0.2) is 75.4 Å².